The third-order valence-electron chi connectivity index (χ3n) is 2.82. The van der Waals surface area contributed by atoms with Crippen molar-refractivity contribution in [3.8, 4) is 0 Å². The molecule has 0 N–H and O–H groups in total. The summed E-state index contributed by atoms with van der Waals surface area (Å²) in [6, 6.07) is 16.5. The second-order valence-electron chi connectivity index (χ2n) is 4.13. The maximum absolute atomic E-state index is 12.3. The largest absolute Gasteiger partial charge is 0.287 e. The van der Waals surface area contributed by atoms with Crippen molar-refractivity contribution in [2.45, 2.75) is 0 Å². The molecule has 0 radical (unpaired) electrons. The van der Waals surface area contributed by atoms with Crippen LogP contribution >= 0.6 is 15.9 Å². The molecular weight excluding hydrogens is 304 g/mol. The number of nitrogens with zero attached hydrogens (tertiary/aromatic N) is 2. The van der Waals surface area contributed by atoms with E-state index in [0.29, 0.717) is 11.3 Å². The lowest BCUT2D eigenvalue weighted by molar-refractivity contribution is 0.103. The molecule has 0 amide bonds. The maximum atomic E-state index is 12.3. The van der Waals surface area contributed by atoms with Crippen molar-refractivity contribution in [1.29, 1.82) is 0 Å². The van der Waals surface area contributed by atoms with Gasteiger partial charge in [-0.15, -0.1) is 10.2 Å². The molecule has 0 saturated carbocycles. The molecule has 0 atom stereocenters. The number of ketones is 1. The van der Waals surface area contributed by atoms with Crippen molar-refractivity contribution in [3.63, 3.8) is 0 Å². The number of hydrogen-bond donors (Lipinski definition) is 0. The zero-order valence-corrected chi connectivity index (χ0v) is 11.5. The van der Waals surface area contributed by atoms with Crippen LogP contribution in [0, 0.1) is 0 Å². The summed E-state index contributed by atoms with van der Waals surface area (Å²) >= 11 is 3.41. The van der Waals surface area contributed by atoms with Crippen LogP contribution in [0.4, 0.5) is 0 Å². The molecule has 0 aliphatic carbocycles. The SMILES string of the molecule is O=C(c1ccccc1)c1cc2cc(Br)ccc2nn1. The molecule has 3 nitrogen and oxygen atoms in total. The predicted molar refractivity (Wildman–Crippen MR) is 77.1 cm³/mol. The molecule has 2 aromatic carbocycles. The van der Waals surface area contributed by atoms with Gasteiger partial charge in [0.15, 0.2) is 0 Å². The minimum atomic E-state index is -0.116. The Morgan fingerprint density at radius 3 is 2.53 bits per heavy atom. The standard InChI is InChI=1S/C15H9BrN2O/c16-12-6-7-13-11(8-12)9-14(18-17-13)15(19)10-4-2-1-3-5-10/h1-9H. The van der Waals surface area contributed by atoms with E-state index in [9.17, 15) is 4.79 Å². The van der Waals surface area contributed by atoms with E-state index in [4.69, 9.17) is 0 Å². The van der Waals surface area contributed by atoms with Gasteiger partial charge in [0.05, 0.1) is 5.52 Å². The van der Waals surface area contributed by atoms with Crippen LogP contribution in [0.25, 0.3) is 10.9 Å². The number of carbonyl (C=O) groups is 1. The molecule has 1 aromatic heterocycles. The Labute approximate surface area is 118 Å². The summed E-state index contributed by atoms with van der Waals surface area (Å²) in [5, 5.41) is 8.97. The lowest BCUT2D eigenvalue weighted by Crippen LogP contribution is -2.05. The fourth-order valence-electron chi connectivity index (χ4n) is 1.86. The molecule has 0 aliphatic heterocycles. The Morgan fingerprint density at radius 1 is 0.947 bits per heavy atom. The number of benzene rings is 2. The summed E-state index contributed by atoms with van der Waals surface area (Å²) in [7, 11) is 0. The van der Waals surface area contributed by atoms with Gasteiger partial charge in [0, 0.05) is 15.4 Å². The predicted octanol–water partition coefficient (Wildman–Crippen LogP) is 3.62. The average molecular weight is 313 g/mol. The van der Waals surface area contributed by atoms with E-state index >= 15 is 0 Å². The van der Waals surface area contributed by atoms with Crippen LogP contribution in [0.2, 0.25) is 0 Å². The quantitative estimate of drug-likeness (QED) is 0.679. The Kier molecular flexibility index (Phi) is 3.09. The molecule has 4 heteroatoms. The van der Waals surface area contributed by atoms with Crippen LogP contribution in [0.15, 0.2) is 59.1 Å². The maximum Gasteiger partial charge on any atom is 0.213 e. The monoisotopic (exact) mass is 312 g/mol. The van der Waals surface area contributed by atoms with Crippen LogP contribution in [0.1, 0.15) is 16.1 Å². The highest BCUT2D eigenvalue weighted by Gasteiger charge is 2.11. The van der Waals surface area contributed by atoms with Crippen LogP contribution in [0.5, 0.6) is 0 Å². The molecule has 0 spiro atoms. The molecule has 0 fully saturated rings. The first kappa shape index (κ1) is 12.0. The first-order valence-corrected chi connectivity index (χ1v) is 6.56. The van der Waals surface area contributed by atoms with Crippen molar-refractivity contribution in [2.24, 2.45) is 0 Å². The van der Waals surface area contributed by atoms with Crippen molar-refractivity contribution in [1.82, 2.24) is 10.2 Å². The number of rotatable bonds is 2. The second-order valence-corrected chi connectivity index (χ2v) is 5.04. The molecule has 92 valence electrons. The first-order chi connectivity index (χ1) is 9.24. The molecule has 0 saturated heterocycles. The lowest BCUT2D eigenvalue weighted by Gasteiger charge is -2.02. The molecule has 3 aromatic rings. The highest BCUT2D eigenvalue weighted by atomic mass is 79.9. The number of hydrogen-bond acceptors (Lipinski definition) is 3. The summed E-state index contributed by atoms with van der Waals surface area (Å²) in [6.45, 7) is 0. The fraction of sp³-hybridized carbons (Fsp3) is 0. The van der Waals surface area contributed by atoms with Gasteiger partial charge in [-0.3, -0.25) is 4.79 Å². The van der Waals surface area contributed by atoms with Gasteiger partial charge >= 0.3 is 0 Å². The van der Waals surface area contributed by atoms with Crippen LogP contribution in [0.3, 0.4) is 0 Å². The molecule has 0 aliphatic rings. The van der Waals surface area contributed by atoms with Gasteiger partial charge in [-0.1, -0.05) is 46.3 Å². The van der Waals surface area contributed by atoms with E-state index in [0.717, 1.165) is 15.4 Å². The third kappa shape index (κ3) is 2.39. The molecule has 0 bridgehead atoms. The van der Waals surface area contributed by atoms with Gasteiger partial charge in [0.25, 0.3) is 0 Å². The van der Waals surface area contributed by atoms with Gasteiger partial charge in [-0.05, 0) is 24.3 Å². The van der Waals surface area contributed by atoms with E-state index in [2.05, 4.69) is 26.1 Å². The van der Waals surface area contributed by atoms with E-state index in [1.54, 1.807) is 18.2 Å². The van der Waals surface area contributed by atoms with Gasteiger partial charge in [-0.25, -0.2) is 0 Å². The summed E-state index contributed by atoms with van der Waals surface area (Å²) in [5.41, 5.74) is 1.75. The number of carbonyl (C=O) groups excluding carboxylic acids is 1. The van der Waals surface area contributed by atoms with Gasteiger partial charge < -0.3 is 0 Å². The van der Waals surface area contributed by atoms with Crippen LogP contribution in [-0.2, 0) is 0 Å². The summed E-state index contributed by atoms with van der Waals surface area (Å²) in [6.07, 6.45) is 0. The van der Waals surface area contributed by atoms with Crippen molar-refractivity contribution >= 4 is 32.6 Å². The van der Waals surface area contributed by atoms with E-state index in [1.165, 1.54) is 0 Å². The molecule has 3 rings (SSSR count). The minimum absolute atomic E-state index is 0.116. The molecule has 0 unspecified atom stereocenters. The second kappa shape index (κ2) is 4.90. The first-order valence-electron chi connectivity index (χ1n) is 5.77. The fourth-order valence-corrected chi connectivity index (χ4v) is 2.24. The highest BCUT2D eigenvalue weighted by molar-refractivity contribution is 9.10. The Balaban J connectivity index is 2.08. The molecule has 1 heterocycles. The Bertz CT molecular complexity index is 756. The minimum Gasteiger partial charge on any atom is -0.287 e. The van der Waals surface area contributed by atoms with Gasteiger partial charge in [0.1, 0.15) is 5.69 Å². The van der Waals surface area contributed by atoms with Crippen LogP contribution < -0.4 is 0 Å². The van der Waals surface area contributed by atoms with E-state index < -0.39 is 0 Å². The van der Waals surface area contributed by atoms with Gasteiger partial charge in [0.2, 0.25) is 5.78 Å². The molecular formula is C15H9BrN2O. The van der Waals surface area contributed by atoms with E-state index in [1.807, 2.05) is 36.4 Å². The summed E-state index contributed by atoms with van der Waals surface area (Å²) < 4.78 is 0.950. The highest BCUT2D eigenvalue weighted by Crippen LogP contribution is 2.19. The lowest BCUT2D eigenvalue weighted by atomic mass is 10.1. The topological polar surface area (TPSA) is 42.9 Å². The zero-order chi connectivity index (χ0) is 13.2. The third-order valence-corrected chi connectivity index (χ3v) is 3.31. The number of halogens is 1. The molecule has 19 heavy (non-hydrogen) atoms. The number of aromatic nitrogens is 2. The summed E-state index contributed by atoms with van der Waals surface area (Å²) in [5.74, 6) is -0.116. The van der Waals surface area contributed by atoms with E-state index in [-0.39, 0.29) is 5.78 Å². The Morgan fingerprint density at radius 2 is 1.74 bits per heavy atom. The van der Waals surface area contributed by atoms with Crippen molar-refractivity contribution < 1.29 is 4.79 Å². The Hall–Kier alpha value is -2.07. The van der Waals surface area contributed by atoms with Crippen LogP contribution in [-0.4, -0.2) is 16.0 Å². The number of fused-ring (bicyclic) bond motifs is 1. The zero-order valence-electron chi connectivity index (χ0n) is 9.88. The average Bonchev–Trinajstić information content (AvgIpc) is 2.46. The van der Waals surface area contributed by atoms with Crippen molar-refractivity contribution in [2.75, 3.05) is 0 Å². The van der Waals surface area contributed by atoms with Gasteiger partial charge in [-0.2, -0.15) is 0 Å². The van der Waals surface area contributed by atoms with Crippen molar-refractivity contribution in [3.05, 3.63) is 70.3 Å². The summed E-state index contributed by atoms with van der Waals surface area (Å²) in [4.78, 5) is 12.3. The normalized spacial score (nSPS) is 10.6. The smallest absolute Gasteiger partial charge is 0.213 e.